The molecule has 0 spiro atoms. The molecule has 0 aliphatic carbocycles. The number of hydrogen-bond donors (Lipinski definition) is 0. The normalized spacial score (nSPS) is 12.9. The van der Waals surface area contributed by atoms with Crippen molar-refractivity contribution in [3.05, 3.63) is 36.0 Å². The zero-order valence-corrected chi connectivity index (χ0v) is 11.9. The highest BCUT2D eigenvalue weighted by atomic mass is 32.2. The van der Waals surface area contributed by atoms with Gasteiger partial charge in [0.1, 0.15) is 0 Å². The molecule has 0 N–H and O–H groups in total. The van der Waals surface area contributed by atoms with Crippen LogP contribution in [0.15, 0.2) is 35.2 Å². The van der Waals surface area contributed by atoms with E-state index in [1.54, 1.807) is 39.0 Å². The molecular formula is C14H17NO2S. The van der Waals surface area contributed by atoms with Crippen LogP contribution in [-0.2, 0) is 9.84 Å². The number of aromatic nitrogens is 1. The molecule has 18 heavy (non-hydrogen) atoms. The van der Waals surface area contributed by atoms with Gasteiger partial charge in [-0.1, -0.05) is 12.1 Å². The van der Waals surface area contributed by atoms with Crippen molar-refractivity contribution in [1.29, 1.82) is 0 Å². The van der Waals surface area contributed by atoms with E-state index in [2.05, 4.69) is 4.98 Å². The van der Waals surface area contributed by atoms with E-state index in [0.717, 1.165) is 16.6 Å². The summed E-state index contributed by atoms with van der Waals surface area (Å²) in [5, 5.41) is 0.952. The van der Waals surface area contributed by atoms with Crippen molar-refractivity contribution < 1.29 is 8.42 Å². The monoisotopic (exact) mass is 263 g/mol. The lowest BCUT2D eigenvalue weighted by atomic mass is 10.2. The predicted octanol–water partition coefficient (Wildman–Crippen LogP) is 3.12. The zero-order valence-electron chi connectivity index (χ0n) is 11.1. The third-order valence-electron chi connectivity index (χ3n) is 2.92. The molecular weight excluding hydrogens is 246 g/mol. The summed E-state index contributed by atoms with van der Waals surface area (Å²) in [6.07, 6.45) is 0. The van der Waals surface area contributed by atoms with Crippen LogP contribution >= 0.6 is 0 Å². The van der Waals surface area contributed by atoms with Gasteiger partial charge in [-0.25, -0.2) is 8.42 Å². The Hall–Kier alpha value is -1.42. The van der Waals surface area contributed by atoms with E-state index in [4.69, 9.17) is 0 Å². The Morgan fingerprint density at radius 1 is 1.06 bits per heavy atom. The molecule has 4 heteroatoms. The topological polar surface area (TPSA) is 47.0 Å². The lowest BCUT2D eigenvalue weighted by molar-refractivity contribution is 0.560. The van der Waals surface area contributed by atoms with Crippen molar-refractivity contribution in [2.75, 3.05) is 0 Å². The van der Waals surface area contributed by atoms with Gasteiger partial charge in [0.2, 0.25) is 0 Å². The summed E-state index contributed by atoms with van der Waals surface area (Å²) < 4.78 is 23.9. The molecule has 0 bridgehead atoms. The number of pyridine rings is 1. The zero-order chi connectivity index (χ0) is 13.6. The van der Waals surface area contributed by atoms with E-state index < -0.39 is 14.6 Å². The summed E-state index contributed by atoms with van der Waals surface area (Å²) in [5.41, 5.74) is 1.60. The highest BCUT2D eigenvalue weighted by Gasteiger charge is 2.30. The standard InChI is InChI=1S/C14H17NO2S/c1-10-5-6-11-7-8-12(9-13(11)15-10)18(16,17)14(2,3)4/h5-9H,1-4H3. The molecule has 0 radical (unpaired) electrons. The first-order valence-corrected chi connectivity index (χ1v) is 7.32. The van der Waals surface area contributed by atoms with Crippen LogP contribution in [0.3, 0.4) is 0 Å². The van der Waals surface area contributed by atoms with Gasteiger partial charge in [-0.2, -0.15) is 0 Å². The predicted molar refractivity (Wildman–Crippen MR) is 73.4 cm³/mol. The molecule has 2 rings (SSSR count). The van der Waals surface area contributed by atoms with Gasteiger partial charge in [0.05, 0.1) is 15.2 Å². The number of fused-ring (bicyclic) bond motifs is 1. The molecule has 96 valence electrons. The van der Waals surface area contributed by atoms with Crippen LogP contribution in [0.2, 0.25) is 0 Å². The molecule has 0 saturated heterocycles. The van der Waals surface area contributed by atoms with Gasteiger partial charge in [-0.05, 0) is 45.9 Å². The number of aryl methyl sites for hydroxylation is 1. The fourth-order valence-electron chi connectivity index (χ4n) is 1.72. The summed E-state index contributed by atoms with van der Waals surface area (Å²) in [4.78, 5) is 4.70. The molecule has 2 aromatic rings. The Kier molecular flexibility index (Phi) is 2.93. The maximum Gasteiger partial charge on any atom is 0.183 e. The molecule has 0 fully saturated rings. The lowest BCUT2D eigenvalue weighted by Gasteiger charge is -2.19. The van der Waals surface area contributed by atoms with Crippen LogP contribution in [0.1, 0.15) is 26.5 Å². The maximum atomic E-state index is 12.4. The molecule has 0 saturated carbocycles. The van der Waals surface area contributed by atoms with Gasteiger partial charge in [-0.15, -0.1) is 0 Å². The number of benzene rings is 1. The fourth-order valence-corrected chi connectivity index (χ4v) is 2.94. The van der Waals surface area contributed by atoms with Gasteiger partial charge < -0.3 is 0 Å². The van der Waals surface area contributed by atoms with E-state index in [0.29, 0.717) is 4.90 Å². The number of rotatable bonds is 1. The van der Waals surface area contributed by atoms with Crippen LogP contribution in [0.5, 0.6) is 0 Å². The Bertz CT molecular complexity index is 697. The largest absolute Gasteiger partial charge is 0.253 e. The van der Waals surface area contributed by atoms with Gasteiger partial charge in [-0.3, -0.25) is 4.98 Å². The van der Waals surface area contributed by atoms with E-state index in [9.17, 15) is 8.42 Å². The minimum absolute atomic E-state index is 0.334. The van der Waals surface area contributed by atoms with E-state index in [-0.39, 0.29) is 0 Å². The second kappa shape index (κ2) is 4.05. The molecule has 0 aliphatic rings. The molecule has 1 aromatic heterocycles. The highest BCUT2D eigenvalue weighted by molar-refractivity contribution is 7.92. The Morgan fingerprint density at radius 2 is 1.67 bits per heavy atom. The summed E-state index contributed by atoms with van der Waals surface area (Å²) in [6, 6.07) is 8.98. The van der Waals surface area contributed by atoms with Crippen LogP contribution in [0.4, 0.5) is 0 Å². The van der Waals surface area contributed by atoms with Crippen molar-refractivity contribution in [2.24, 2.45) is 0 Å². The van der Waals surface area contributed by atoms with Crippen molar-refractivity contribution in [3.8, 4) is 0 Å². The summed E-state index contributed by atoms with van der Waals surface area (Å²) in [7, 11) is -3.32. The van der Waals surface area contributed by atoms with Crippen molar-refractivity contribution in [1.82, 2.24) is 4.98 Å². The third kappa shape index (κ3) is 2.12. The molecule has 1 heterocycles. The van der Waals surface area contributed by atoms with E-state index in [1.807, 2.05) is 19.1 Å². The van der Waals surface area contributed by atoms with E-state index in [1.165, 1.54) is 0 Å². The smallest absolute Gasteiger partial charge is 0.183 e. The minimum Gasteiger partial charge on any atom is -0.253 e. The average Bonchev–Trinajstić information content (AvgIpc) is 2.26. The average molecular weight is 263 g/mol. The second-order valence-corrected chi connectivity index (χ2v) is 8.13. The van der Waals surface area contributed by atoms with Crippen molar-refractivity contribution in [2.45, 2.75) is 37.3 Å². The summed E-state index contributed by atoms with van der Waals surface area (Å²) in [5.74, 6) is 0. The maximum absolute atomic E-state index is 12.4. The first-order chi connectivity index (χ1) is 8.22. The Morgan fingerprint density at radius 3 is 2.28 bits per heavy atom. The van der Waals surface area contributed by atoms with Crippen LogP contribution < -0.4 is 0 Å². The van der Waals surface area contributed by atoms with Crippen molar-refractivity contribution >= 4 is 20.7 Å². The minimum atomic E-state index is -3.32. The van der Waals surface area contributed by atoms with E-state index >= 15 is 0 Å². The number of nitrogens with zero attached hydrogens (tertiary/aromatic N) is 1. The molecule has 3 nitrogen and oxygen atoms in total. The Labute approximate surface area is 108 Å². The molecule has 0 unspecified atom stereocenters. The third-order valence-corrected chi connectivity index (χ3v) is 5.41. The first kappa shape index (κ1) is 13.0. The summed E-state index contributed by atoms with van der Waals surface area (Å²) in [6.45, 7) is 7.01. The molecule has 0 aliphatic heterocycles. The molecule has 0 atom stereocenters. The lowest BCUT2D eigenvalue weighted by Crippen LogP contribution is -2.27. The van der Waals surface area contributed by atoms with Gasteiger partial charge in [0.15, 0.2) is 9.84 Å². The fraction of sp³-hybridized carbons (Fsp3) is 0.357. The van der Waals surface area contributed by atoms with Gasteiger partial charge in [0.25, 0.3) is 0 Å². The quantitative estimate of drug-likeness (QED) is 0.794. The van der Waals surface area contributed by atoms with Crippen LogP contribution in [0.25, 0.3) is 10.9 Å². The van der Waals surface area contributed by atoms with Crippen LogP contribution in [0, 0.1) is 6.92 Å². The number of sulfone groups is 1. The van der Waals surface area contributed by atoms with Crippen molar-refractivity contribution in [3.63, 3.8) is 0 Å². The SMILES string of the molecule is Cc1ccc2ccc(S(=O)(=O)C(C)(C)C)cc2n1. The van der Waals surface area contributed by atoms with Gasteiger partial charge >= 0.3 is 0 Å². The number of hydrogen-bond acceptors (Lipinski definition) is 3. The second-order valence-electron chi connectivity index (χ2n) is 5.42. The Balaban J connectivity index is 2.68. The van der Waals surface area contributed by atoms with Crippen LogP contribution in [-0.4, -0.2) is 18.1 Å². The summed E-state index contributed by atoms with van der Waals surface area (Å²) >= 11 is 0. The van der Waals surface area contributed by atoms with Gasteiger partial charge in [0, 0.05) is 11.1 Å². The highest BCUT2D eigenvalue weighted by Crippen LogP contribution is 2.27. The first-order valence-electron chi connectivity index (χ1n) is 5.84. The molecule has 1 aromatic carbocycles. The molecule has 0 amide bonds.